The number of ether oxygens (including phenoxy) is 3. The fourth-order valence-electron chi connectivity index (χ4n) is 9.41. The van der Waals surface area contributed by atoms with E-state index >= 15 is 0 Å². The summed E-state index contributed by atoms with van der Waals surface area (Å²) in [4.78, 5) is 63.6. The summed E-state index contributed by atoms with van der Waals surface area (Å²) in [6, 6.07) is 6.88. The van der Waals surface area contributed by atoms with E-state index in [0.29, 0.717) is 43.6 Å². The lowest BCUT2D eigenvalue weighted by Gasteiger charge is -2.34. The van der Waals surface area contributed by atoms with Crippen molar-refractivity contribution in [2.45, 2.75) is 161 Å². The second-order valence-corrected chi connectivity index (χ2v) is 22.6. The fourth-order valence-corrected chi connectivity index (χ4v) is 10.7. The van der Waals surface area contributed by atoms with E-state index in [1.54, 1.807) is 13.0 Å². The molecule has 0 unspecified atom stereocenters. The van der Waals surface area contributed by atoms with Crippen LogP contribution in [0.15, 0.2) is 36.9 Å². The van der Waals surface area contributed by atoms with Crippen LogP contribution < -0.4 is 14.2 Å². The van der Waals surface area contributed by atoms with Crippen LogP contribution in [-0.2, 0) is 40.4 Å². The van der Waals surface area contributed by atoms with Crippen molar-refractivity contribution >= 4 is 44.5 Å². The number of para-hydroxylation sites is 1. The largest absolute Gasteiger partial charge is 0.492 e. The zero-order valence-corrected chi connectivity index (χ0v) is 37.9. The number of unbranched alkanes of at least 4 members (excludes halogenated alkanes) is 1. The van der Waals surface area contributed by atoms with Crippen LogP contribution in [0.5, 0.6) is 11.6 Å². The van der Waals surface area contributed by atoms with Crippen molar-refractivity contribution in [1.29, 1.82) is 0 Å². The number of nitrogens with one attached hydrogen (secondary N) is 1. The molecule has 0 radical (unpaired) electrons. The van der Waals surface area contributed by atoms with E-state index in [0.717, 1.165) is 73.6 Å². The molecule has 2 bridgehead atoms. The molecule has 5 aliphatic rings. The maximum atomic E-state index is 14.9. The molecule has 0 spiro atoms. The Morgan fingerprint density at radius 1 is 1.08 bits per heavy atom. The van der Waals surface area contributed by atoms with Crippen molar-refractivity contribution in [3.05, 3.63) is 42.5 Å². The van der Waals surface area contributed by atoms with E-state index in [9.17, 15) is 27.6 Å². The molecule has 334 valence electrons. The number of hydrogen-bond acceptors (Lipinski definition) is 10. The Kier molecular flexibility index (Phi) is 13.0. The summed E-state index contributed by atoms with van der Waals surface area (Å²) in [5, 5.41) is 0.908. The predicted molar refractivity (Wildman–Crippen MR) is 233 cm³/mol. The first-order chi connectivity index (χ1) is 28.9. The van der Waals surface area contributed by atoms with Gasteiger partial charge < -0.3 is 19.1 Å². The van der Waals surface area contributed by atoms with Crippen LogP contribution in [0.1, 0.15) is 137 Å². The average Bonchev–Trinajstić information content (AvgIpc) is 4.15. The number of carbonyl (C=O) groups excluding carboxylic acids is 4. The van der Waals surface area contributed by atoms with Crippen molar-refractivity contribution in [2.75, 3.05) is 13.2 Å². The van der Waals surface area contributed by atoms with E-state index in [1.165, 1.54) is 4.90 Å². The molecule has 4 fully saturated rings. The highest BCUT2D eigenvalue weighted by Gasteiger charge is 2.62. The topological polar surface area (TPSA) is 158 Å². The SMILES string of the molecule is C=C[C@@H]1C[C@]1(CC(=O)[C@@H]1C[C@@H]2CN1C(=O)[C@H](C(C)(C)C)CC(=O)O[C@@H]1C[C@H]1CCCCCc1c(nc3ccccc3c1OCCCCC(C)C)O2)C(=O)NS(=O)(=O)C1(C)CC1. The van der Waals surface area contributed by atoms with Crippen LogP contribution in [0.4, 0.5) is 0 Å². The van der Waals surface area contributed by atoms with Crippen molar-refractivity contribution in [2.24, 2.45) is 34.5 Å². The normalized spacial score (nSPS) is 29.0. The molecule has 3 heterocycles. The van der Waals surface area contributed by atoms with Gasteiger partial charge in [0.15, 0.2) is 5.78 Å². The Hall–Kier alpha value is -4.00. The van der Waals surface area contributed by atoms with E-state index in [1.807, 2.05) is 45.0 Å². The Bertz CT molecular complexity index is 2120. The van der Waals surface area contributed by atoms with Crippen molar-refractivity contribution in [1.82, 2.24) is 14.6 Å². The maximum Gasteiger partial charge on any atom is 0.306 e. The summed E-state index contributed by atoms with van der Waals surface area (Å²) < 4.78 is 47.2. The van der Waals surface area contributed by atoms with Gasteiger partial charge in [-0.15, -0.1) is 6.58 Å². The Morgan fingerprint density at radius 3 is 2.52 bits per heavy atom. The molecule has 12 nitrogen and oxygen atoms in total. The number of esters is 1. The van der Waals surface area contributed by atoms with Gasteiger partial charge in [-0.3, -0.25) is 23.9 Å². The highest BCUT2D eigenvalue weighted by Crippen LogP contribution is 2.57. The van der Waals surface area contributed by atoms with Gasteiger partial charge in [-0.25, -0.2) is 13.4 Å². The lowest BCUT2D eigenvalue weighted by Crippen LogP contribution is -2.49. The van der Waals surface area contributed by atoms with Gasteiger partial charge >= 0.3 is 5.97 Å². The fraction of sp³-hybridized carbons (Fsp3) is 0.688. The first-order valence-corrected chi connectivity index (χ1v) is 24.3. The molecule has 1 aromatic carbocycles. The summed E-state index contributed by atoms with van der Waals surface area (Å²) in [7, 11) is -3.96. The molecule has 1 aromatic heterocycles. The lowest BCUT2D eigenvalue weighted by molar-refractivity contribution is -0.154. The highest BCUT2D eigenvalue weighted by atomic mass is 32.2. The van der Waals surface area contributed by atoms with E-state index in [-0.39, 0.29) is 50.0 Å². The first-order valence-electron chi connectivity index (χ1n) is 22.8. The van der Waals surface area contributed by atoms with Gasteiger partial charge in [0.05, 0.1) is 52.8 Å². The molecule has 13 heteroatoms. The van der Waals surface area contributed by atoms with Gasteiger partial charge in [0.1, 0.15) is 18.0 Å². The minimum absolute atomic E-state index is 0.0533. The first kappa shape index (κ1) is 45.0. The van der Waals surface area contributed by atoms with Crippen molar-refractivity contribution in [3.8, 4) is 11.6 Å². The minimum Gasteiger partial charge on any atom is -0.492 e. The third-order valence-electron chi connectivity index (χ3n) is 14.1. The molecular formula is C48H67N3O9S. The van der Waals surface area contributed by atoms with Crippen LogP contribution >= 0.6 is 0 Å². The van der Waals surface area contributed by atoms with Gasteiger partial charge in [-0.2, -0.15) is 0 Å². The van der Waals surface area contributed by atoms with Crippen molar-refractivity contribution in [3.63, 3.8) is 0 Å². The lowest BCUT2D eigenvalue weighted by atomic mass is 9.77. The zero-order chi connectivity index (χ0) is 43.9. The van der Waals surface area contributed by atoms with Gasteiger partial charge in [-0.1, -0.05) is 72.1 Å². The van der Waals surface area contributed by atoms with Gasteiger partial charge in [0.25, 0.3) is 0 Å². The Morgan fingerprint density at radius 2 is 1.84 bits per heavy atom. The summed E-state index contributed by atoms with van der Waals surface area (Å²) in [6.07, 6.45) is 10.0. The number of carbonyl (C=O) groups is 4. The third kappa shape index (κ3) is 9.97. The van der Waals surface area contributed by atoms with Crippen LogP contribution in [0.2, 0.25) is 0 Å². The summed E-state index contributed by atoms with van der Waals surface area (Å²) in [6.45, 7) is 16.3. The molecule has 3 saturated carbocycles. The van der Waals surface area contributed by atoms with Crippen LogP contribution in [0.3, 0.4) is 0 Å². The number of pyridine rings is 1. The molecule has 1 saturated heterocycles. The molecule has 61 heavy (non-hydrogen) atoms. The quantitative estimate of drug-likeness (QED) is 0.119. The zero-order valence-electron chi connectivity index (χ0n) is 37.1. The molecule has 3 aliphatic carbocycles. The second kappa shape index (κ2) is 17.6. The summed E-state index contributed by atoms with van der Waals surface area (Å²) >= 11 is 0. The minimum atomic E-state index is -3.96. The molecule has 1 N–H and O–H groups in total. The van der Waals surface area contributed by atoms with E-state index < -0.39 is 61.5 Å². The highest BCUT2D eigenvalue weighted by molar-refractivity contribution is 7.91. The van der Waals surface area contributed by atoms with E-state index in [4.69, 9.17) is 19.2 Å². The second-order valence-electron chi connectivity index (χ2n) is 20.4. The number of Topliss-reactive ketones (excluding diaryl/α,β-unsaturated/α-hetero) is 1. The van der Waals surface area contributed by atoms with Gasteiger partial charge in [-0.05, 0) is 100 Å². The number of ketones is 1. The van der Waals surface area contributed by atoms with E-state index in [2.05, 4.69) is 25.1 Å². The number of fused-ring (bicyclic) bond motifs is 5. The number of aromatic nitrogens is 1. The molecule has 7 atom stereocenters. The number of nitrogens with zero attached hydrogens (tertiary/aromatic N) is 2. The number of allylic oxidation sites excluding steroid dienone is 1. The Labute approximate surface area is 362 Å². The molecule has 2 aromatic rings. The van der Waals surface area contributed by atoms with Crippen LogP contribution in [0.25, 0.3) is 10.9 Å². The monoisotopic (exact) mass is 861 g/mol. The number of hydrogen-bond donors (Lipinski definition) is 1. The average molecular weight is 862 g/mol. The molecule has 2 aliphatic heterocycles. The molecule has 7 rings (SSSR count). The number of benzene rings is 1. The maximum absolute atomic E-state index is 14.9. The number of amides is 2. The third-order valence-corrected chi connectivity index (χ3v) is 16.2. The smallest absolute Gasteiger partial charge is 0.306 e. The summed E-state index contributed by atoms with van der Waals surface area (Å²) in [5.74, 6) is -0.995. The number of rotatable bonds is 13. The standard InChI is InChI=1S/C48H67N3O9S/c1-8-32-27-48(32,45(55)50-61(56,57)47(7)21-22-47)28-39(52)38-25-33-29-51(38)44(54)36(46(4,5)6)26-41(53)60-40-24-31(40)17-10-9-11-19-35-42(58-23-15-14-16-30(2)3)34-18-12-13-20-37(34)49-43(35)59-33/h8,12-13,18,20,30-33,36,38,40H,1,9-11,14-17,19,21-29H2,2-7H3,(H,50,55)/t31-,32-,33-,36-,38+,40-,48-/m1/s1. The number of sulfonamides is 1. The molecule has 2 amide bonds. The van der Waals surface area contributed by atoms with Crippen molar-refractivity contribution < 1.29 is 41.8 Å². The summed E-state index contributed by atoms with van der Waals surface area (Å²) in [5.41, 5.74) is -0.383. The van der Waals surface area contributed by atoms with Gasteiger partial charge in [0, 0.05) is 18.2 Å². The van der Waals surface area contributed by atoms with Crippen LogP contribution in [0, 0.1) is 34.5 Å². The van der Waals surface area contributed by atoms with Gasteiger partial charge in [0.2, 0.25) is 27.7 Å². The predicted octanol–water partition coefficient (Wildman–Crippen LogP) is 8.04. The molecular weight excluding hydrogens is 795 g/mol. The van der Waals surface area contributed by atoms with Crippen LogP contribution in [-0.4, -0.2) is 78.0 Å². The Balaban J connectivity index is 1.23.